The molecule has 1 heterocycles. The summed E-state index contributed by atoms with van der Waals surface area (Å²) in [5.74, 6) is -0.375. The Balaban J connectivity index is 2.52. The van der Waals surface area contributed by atoms with E-state index in [1.165, 1.54) is 6.07 Å². The van der Waals surface area contributed by atoms with Crippen molar-refractivity contribution in [3.05, 3.63) is 35.8 Å². The summed E-state index contributed by atoms with van der Waals surface area (Å²) in [4.78, 5) is 0. The molecule has 0 aliphatic rings. The molecular formula is C12H15FN2O. The quantitative estimate of drug-likeness (QED) is 0.830. The molecule has 0 aliphatic carbocycles. The van der Waals surface area contributed by atoms with E-state index >= 15 is 0 Å². The number of rotatable bonds is 3. The Morgan fingerprint density at radius 1 is 1.50 bits per heavy atom. The van der Waals surface area contributed by atoms with E-state index < -0.39 is 6.10 Å². The number of nitrogens with zero attached hydrogens (tertiary/aromatic N) is 1. The zero-order chi connectivity index (χ0) is 11.7. The molecule has 0 amide bonds. The highest BCUT2D eigenvalue weighted by Gasteiger charge is 2.14. The largest absolute Gasteiger partial charge is 0.388 e. The van der Waals surface area contributed by atoms with Crippen molar-refractivity contribution in [3.63, 3.8) is 0 Å². The lowest BCUT2D eigenvalue weighted by Crippen LogP contribution is -2.08. The molecule has 0 aliphatic heterocycles. The van der Waals surface area contributed by atoms with Crippen LogP contribution in [0.15, 0.2) is 24.4 Å². The first-order chi connectivity index (χ1) is 7.63. The van der Waals surface area contributed by atoms with Gasteiger partial charge < -0.3 is 15.4 Å². The summed E-state index contributed by atoms with van der Waals surface area (Å²) in [6, 6.07) is 4.98. The highest BCUT2D eigenvalue weighted by atomic mass is 19.1. The molecule has 2 aromatic rings. The van der Waals surface area contributed by atoms with Crippen molar-refractivity contribution in [2.24, 2.45) is 12.8 Å². The number of aliphatic hydroxyl groups is 1. The molecule has 86 valence electrons. The van der Waals surface area contributed by atoms with Gasteiger partial charge in [0.2, 0.25) is 0 Å². The smallest absolute Gasteiger partial charge is 0.129 e. The van der Waals surface area contributed by atoms with E-state index in [0.29, 0.717) is 18.5 Å². The van der Waals surface area contributed by atoms with E-state index in [0.717, 1.165) is 10.9 Å². The van der Waals surface area contributed by atoms with E-state index in [1.807, 2.05) is 23.9 Å². The van der Waals surface area contributed by atoms with Crippen LogP contribution < -0.4 is 5.73 Å². The standard InChI is InChI=1S/C12H15FN2O/c1-15-5-3-8-6-10(13)9(7-11(8)15)12(16)2-4-14/h3,5-7,12,16H,2,4,14H2,1H3. The first-order valence-electron chi connectivity index (χ1n) is 5.26. The second kappa shape index (κ2) is 4.23. The zero-order valence-electron chi connectivity index (χ0n) is 9.15. The van der Waals surface area contributed by atoms with Crippen molar-refractivity contribution in [2.75, 3.05) is 6.54 Å². The van der Waals surface area contributed by atoms with E-state index in [2.05, 4.69) is 0 Å². The summed E-state index contributed by atoms with van der Waals surface area (Å²) >= 11 is 0. The predicted octanol–water partition coefficient (Wildman–Crippen LogP) is 1.70. The predicted molar refractivity (Wildman–Crippen MR) is 61.5 cm³/mol. The number of aryl methyl sites for hydroxylation is 1. The van der Waals surface area contributed by atoms with Crippen molar-refractivity contribution in [1.29, 1.82) is 0 Å². The van der Waals surface area contributed by atoms with Gasteiger partial charge in [-0.25, -0.2) is 4.39 Å². The molecule has 1 aromatic heterocycles. The molecule has 3 N–H and O–H groups in total. The molecule has 0 bridgehead atoms. The van der Waals surface area contributed by atoms with Gasteiger partial charge in [-0.3, -0.25) is 0 Å². The fourth-order valence-corrected chi connectivity index (χ4v) is 1.87. The second-order valence-electron chi connectivity index (χ2n) is 3.95. The first-order valence-corrected chi connectivity index (χ1v) is 5.26. The summed E-state index contributed by atoms with van der Waals surface area (Å²) in [5, 5.41) is 10.6. The van der Waals surface area contributed by atoms with E-state index in [1.54, 1.807) is 6.07 Å². The molecule has 1 atom stereocenters. The van der Waals surface area contributed by atoms with Gasteiger partial charge >= 0.3 is 0 Å². The normalized spacial score (nSPS) is 13.2. The molecule has 0 saturated carbocycles. The minimum absolute atomic E-state index is 0.319. The molecule has 1 unspecified atom stereocenters. The van der Waals surface area contributed by atoms with E-state index in [-0.39, 0.29) is 5.82 Å². The highest BCUT2D eigenvalue weighted by Crippen LogP contribution is 2.25. The van der Waals surface area contributed by atoms with Crippen LogP contribution in [-0.4, -0.2) is 16.2 Å². The van der Waals surface area contributed by atoms with Crippen LogP contribution in [0.25, 0.3) is 10.9 Å². The minimum atomic E-state index is -0.829. The molecule has 0 saturated heterocycles. The molecule has 2 rings (SSSR count). The van der Waals surface area contributed by atoms with Crippen molar-refractivity contribution >= 4 is 10.9 Å². The summed E-state index contributed by atoms with van der Waals surface area (Å²) in [6.45, 7) is 0.339. The van der Waals surface area contributed by atoms with Crippen molar-refractivity contribution in [2.45, 2.75) is 12.5 Å². The summed E-state index contributed by atoms with van der Waals surface area (Å²) in [5.41, 5.74) is 6.58. The lowest BCUT2D eigenvalue weighted by atomic mass is 10.0. The maximum atomic E-state index is 13.7. The van der Waals surface area contributed by atoms with E-state index in [4.69, 9.17) is 5.73 Å². The lowest BCUT2D eigenvalue weighted by Gasteiger charge is -2.11. The Bertz CT molecular complexity index is 507. The van der Waals surface area contributed by atoms with Gasteiger partial charge in [-0.1, -0.05) is 0 Å². The molecule has 4 heteroatoms. The Kier molecular flexibility index (Phi) is 2.94. The van der Waals surface area contributed by atoms with Gasteiger partial charge in [-0.05, 0) is 31.2 Å². The minimum Gasteiger partial charge on any atom is -0.388 e. The van der Waals surface area contributed by atoms with Crippen LogP contribution >= 0.6 is 0 Å². The van der Waals surface area contributed by atoms with Gasteiger partial charge in [0.05, 0.1) is 6.10 Å². The number of fused-ring (bicyclic) bond motifs is 1. The molecule has 0 radical (unpaired) electrons. The number of halogens is 1. The van der Waals surface area contributed by atoms with Crippen LogP contribution in [0.2, 0.25) is 0 Å². The van der Waals surface area contributed by atoms with Gasteiger partial charge in [0.15, 0.2) is 0 Å². The molecule has 0 fully saturated rings. The number of aliphatic hydroxyl groups excluding tert-OH is 1. The number of benzene rings is 1. The van der Waals surface area contributed by atoms with Gasteiger partial charge in [0.1, 0.15) is 5.82 Å². The van der Waals surface area contributed by atoms with E-state index in [9.17, 15) is 9.50 Å². The fourth-order valence-electron chi connectivity index (χ4n) is 1.87. The maximum absolute atomic E-state index is 13.7. The second-order valence-corrected chi connectivity index (χ2v) is 3.95. The van der Waals surface area contributed by atoms with Crippen LogP contribution in [0.1, 0.15) is 18.1 Å². The average Bonchev–Trinajstić information content (AvgIpc) is 2.59. The monoisotopic (exact) mass is 222 g/mol. The number of hydrogen-bond donors (Lipinski definition) is 2. The third-order valence-corrected chi connectivity index (χ3v) is 2.80. The molecule has 16 heavy (non-hydrogen) atoms. The zero-order valence-corrected chi connectivity index (χ0v) is 9.15. The Labute approximate surface area is 93.3 Å². The molecular weight excluding hydrogens is 207 g/mol. The molecule has 3 nitrogen and oxygen atoms in total. The molecule has 1 aromatic carbocycles. The highest BCUT2D eigenvalue weighted by molar-refractivity contribution is 5.81. The van der Waals surface area contributed by atoms with Crippen LogP contribution in [0.5, 0.6) is 0 Å². The Morgan fingerprint density at radius 2 is 2.25 bits per heavy atom. The fraction of sp³-hybridized carbons (Fsp3) is 0.333. The third kappa shape index (κ3) is 1.81. The average molecular weight is 222 g/mol. The van der Waals surface area contributed by atoms with Crippen LogP contribution in [0.3, 0.4) is 0 Å². The lowest BCUT2D eigenvalue weighted by molar-refractivity contribution is 0.166. The van der Waals surface area contributed by atoms with Gasteiger partial charge in [-0.2, -0.15) is 0 Å². The Morgan fingerprint density at radius 3 is 2.94 bits per heavy atom. The molecule has 0 spiro atoms. The number of aromatic nitrogens is 1. The number of nitrogens with two attached hydrogens (primary N) is 1. The van der Waals surface area contributed by atoms with Crippen LogP contribution in [-0.2, 0) is 7.05 Å². The Hall–Kier alpha value is -1.39. The topological polar surface area (TPSA) is 51.2 Å². The van der Waals surface area contributed by atoms with Gasteiger partial charge in [0.25, 0.3) is 0 Å². The first kappa shape index (κ1) is 11.1. The van der Waals surface area contributed by atoms with Gasteiger partial charge in [0, 0.05) is 29.7 Å². The van der Waals surface area contributed by atoms with Gasteiger partial charge in [-0.15, -0.1) is 0 Å². The SMILES string of the molecule is Cn1ccc2cc(F)c(C(O)CCN)cc21. The van der Waals surface area contributed by atoms with Crippen LogP contribution in [0.4, 0.5) is 4.39 Å². The summed E-state index contributed by atoms with van der Waals surface area (Å²) in [6.07, 6.45) is 1.40. The number of hydrogen-bond acceptors (Lipinski definition) is 2. The van der Waals surface area contributed by atoms with Crippen molar-refractivity contribution in [1.82, 2.24) is 4.57 Å². The summed E-state index contributed by atoms with van der Waals surface area (Å²) < 4.78 is 15.6. The van der Waals surface area contributed by atoms with Crippen LogP contribution in [0, 0.1) is 5.82 Å². The summed E-state index contributed by atoms with van der Waals surface area (Å²) in [7, 11) is 1.89. The van der Waals surface area contributed by atoms with Crippen molar-refractivity contribution < 1.29 is 9.50 Å². The third-order valence-electron chi connectivity index (χ3n) is 2.80. The maximum Gasteiger partial charge on any atom is 0.129 e. The van der Waals surface area contributed by atoms with Crippen molar-refractivity contribution in [3.8, 4) is 0 Å².